The standard InChI is InChI=1S/C27H30N2O5/c1-20(31)26(25(32)19-30)28-27(33)24-12-10-22(11-13-24)5-3-2-4-21-6-8-23(9-7-21)18-29-14-16-34-17-15-29/h2,4,6-13,20,26,30-31H,14-19H2,1H3,(H,28,33)/b4-2-/t20-,26+/m1/s1. The third kappa shape index (κ3) is 7.65. The molecular formula is C27H30N2O5. The van der Waals surface area contributed by atoms with E-state index in [4.69, 9.17) is 9.84 Å². The van der Waals surface area contributed by atoms with Gasteiger partial charge < -0.3 is 20.3 Å². The third-order valence-corrected chi connectivity index (χ3v) is 5.48. The predicted octanol–water partition coefficient (Wildman–Crippen LogP) is 1.62. The topological polar surface area (TPSA) is 99.1 Å². The van der Waals surface area contributed by atoms with Crippen LogP contribution in [-0.2, 0) is 16.1 Å². The molecule has 0 spiro atoms. The summed E-state index contributed by atoms with van der Waals surface area (Å²) >= 11 is 0. The molecule has 0 saturated carbocycles. The highest BCUT2D eigenvalue weighted by atomic mass is 16.5. The van der Waals surface area contributed by atoms with E-state index in [1.54, 1.807) is 30.3 Å². The molecule has 178 valence electrons. The van der Waals surface area contributed by atoms with Crippen molar-refractivity contribution in [3.8, 4) is 11.8 Å². The lowest BCUT2D eigenvalue weighted by Crippen LogP contribution is -2.48. The lowest BCUT2D eigenvalue weighted by molar-refractivity contribution is -0.125. The van der Waals surface area contributed by atoms with Gasteiger partial charge in [-0.3, -0.25) is 14.5 Å². The van der Waals surface area contributed by atoms with Gasteiger partial charge in [-0.2, -0.15) is 0 Å². The minimum absolute atomic E-state index is 0.328. The van der Waals surface area contributed by atoms with Crippen LogP contribution in [0.15, 0.2) is 54.6 Å². The zero-order valence-corrected chi connectivity index (χ0v) is 19.2. The number of nitrogens with zero attached hydrogens (tertiary/aromatic N) is 1. The van der Waals surface area contributed by atoms with Gasteiger partial charge in [-0.05, 0) is 54.5 Å². The molecule has 0 bridgehead atoms. The molecule has 2 atom stereocenters. The summed E-state index contributed by atoms with van der Waals surface area (Å²) in [7, 11) is 0. The van der Waals surface area contributed by atoms with Gasteiger partial charge in [0.25, 0.3) is 5.91 Å². The average molecular weight is 463 g/mol. The lowest BCUT2D eigenvalue weighted by atomic mass is 10.1. The monoisotopic (exact) mass is 462 g/mol. The summed E-state index contributed by atoms with van der Waals surface area (Å²) in [6, 6.07) is 13.9. The number of carbonyl (C=O) groups excluding carboxylic acids is 2. The van der Waals surface area contributed by atoms with Crippen LogP contribution in [0, 0.1) is 11.8 Å². The molecule has 1 amide bonds. The first-order valence-corrected chi connectivity index (χ1v) is 11.3. The van der Waals surface area contributed by atoms with E-state index in [0.29, 0.717) is 5.56 Å². The maximum atomic E-state index is 12.3. The Labute approximate surface area is 200 Å². The van der Waals surface area contributed by atoms with Crippen LogP contribution in [0.25, 0.3) is 6.08 Å². The number of aliphatic hydroxyl groups excluding tert-OH is 2. The lowest BCUT2D eigenvalue weighted by Gasteiger charge is -2.26. The van der Waals surface area contributed by atoms with Gasteiger partial charge in [-0.1, -0.05) is 36.1 Å². The van der Waals surface area contributed by atoms with Crippen LogP contribution in [0.2, 0.25) is 0 Å². The molecule has 7 heteroatoms. The fourth-order valence-electron chi connectivity index (χ4n) is 3.51. The maximum absolute atomic E-state index is 12.3. The first-order chi connectivity index (χ1) is 16.5. The summed E-state index contributed by atoms with van der Waals surface area (Å²) in [4.78, 5) is 26.4. The number of aliphatic hydroxyl groups is 2. The van der Waals surface area contributed by atoms with Crippen LogP contribution in [0.4, 0.5) is 0 Å². The van der Waals surface area contributed by atoms with E-state index in [1.165, 1.54) is 12.5 Å². The Kier molecular flexibility index (Phi) is 9.56. The van der Waals surface area contributed by atoms with Gasteiger partial charge in [0, 0.05) is 30.8 Å². The van der Waals surface area contributed by atoms with Crippen LogP contribution < -0.4 is 5.32 Å². The molecule has 0 aromatic heterocycles. The van der Waals surface area contributed by atoms with E-state index < -0.39 is 30.4 Å². The number of benzene rings is 2. The van der Waals surface area contributed by atoms with Crippen molar-refractivity contribution in [1.29, 1.82) is 0 Å². The second-order valence-electron chi connectivity index (χ2n) is 8.13. The Hall–Kier alpha value is -3.28. The molecule has 0 unspecified atom stereocenters. The fraction of sp³-hybridized carbons (Fsp3) is 0.333. The quantitative estimate of drug-likeness (QED) is 0.516. The minimum Gasteiger partial charge on any atom is -0.391 e. The van der Waals surface area contributed by atoms with Gasteiger partial charge in [0.15, 0.2) is 5.78 Å². The number of hydrogen-bond acceptors (Lipinski definition) is 6. The fourth-order valence-corrected chi connectivity index (χ4v) is 3.51. The second kappa shape index (κ2) is 12.8. The van der Waals surface area contributed by atoms with Gasteiger partial charge in [0.05, 0.1) is 19.3 Å². The molecule has 1 aliphatic heterocycles. The van der Waals surface area contributed by atoms with Crippen molar-refractivity contribution in [3.05, 3.63) is 76.9 Å². The van der Waals surface area contributed by atoms with E-state index in [2.05, 4.69) is 46.3 Å². The number of nitrogens with one attached hydrogen (secondary N) is 1. The number of ether oxygens (including phenoxy) is 1. The normalized spacial score (nSPS) is 15.9. The Morgan fingerprint density at radius 3 is 2.41 bits per heavy atom. The zero-order valence-electron chi connectivity index (χ0n) is 19.2. The summed E-state index contributed by atoms with van der Waals surface area (Å²) in [5.74, 6) is 4.85. The number of carbonyl (C=O) groups is 2. The van der Waals surface area contributed by atoms with E-state index in [9.17, 15) is 14.7 Å². The van der Waals surface area contributed by atoms with E-state index in [0.717, 1.165) is 44.0 Å². The van der Waals surface area contributed by atoms with E-state index >= 15 is 0 Å². The van der Waals surface area contributed by atoms with Gasteiger partial charge in [-0.15, -0.1) is 0 Å². The number of allylic oxidation sites excluding steroid dienone is 1. The van der Waals surface area contributed by atoms with Crippen molar-refractivity contribution in [2.24, 2.45) is 0 Å². The Morgan fingerprint density at radius 2 is 1.79 bits per heavy atom. The molecule has 1 saturated heterocycles. The van der Waals surface area contributed by atoms with Gasteiger partial charge >= 0.3 is 0 Å². The molecule has 1 heterocycles. The molecule has 0 radical (unpaired) electrons. The number of morpholine rings is 1. The summed E-state index contributed by atoms with van der Waals surface area (Å²) in [5.41, 5.74) is 3.40. The number of hydrogen-bond donors (Lipinski definition) is 3. The van der Waals surface area contributed by atoms with Gasteiger partial charge in [-0.25, -0.2) is 0 Å². The molecule has 7 nitrogen and oxygen atoms in total. The van der Waals surface area contributed by atoms with Crippen LogP contribution in [0.1, 0.15) is 34.0 Å². The summed E-state index contributed by atoms with van der Waals surface area (Å²) < 4.78 is 5.38. The number of amides is 1. The SMILES string of the molecule is C[C@@H](O)[C@H](NC(=O)c1ccc(C#C/C=C\c2ccc(CN3CCOCC3)cc2)cc1)C(=O)CO. The summed E-state index contributed by atoms with van der Waals surface area (Å²) in [6.07, 6.45) is 2.62. The Bertz CT molecular complexity index is 1040. The largest absolute Gasteiger partial charge is 0.391 e. The third-order valence-electron chi connectivity index (χ3n) is 5.48. The maximum Gasteiger partial charge on any atom is 0.251 e. The molecule has 3 rings (SSSR count). The predicted molar refractivity (Wildman–Crippen MR) is 130 cm³/mol. The Balaban J connectivity index is 1.53. The smallest absolute Gasteiger partial charge is 0.251 e. The van der Waals surface area contributed by atoms with E-state index in [1.807, 2.05) is 6.08 Å². The van der Waals surface area contributed by atoms with Crippen LogP contribution in [0.3, 0.4) is 0 Å². The highest BCUT2D eigenvalue weighted by molar-refractivity contribution is 5.98. The second-order valence-corrected chi connectivity index (χ2v) is 8.13. The Morgan fingerprint density at radius 1 is 1.12 bits per heavy atom. The van der Waals surface area contributed by atoms with Crippen LogP contribution in [-0.4, -0.2) is 71.9 Å². The van der Waals surface area contributed by atoms with Crippen molar-refractivity contribution in [1.82, 2.24) is 10.2 Å². The van der Waals surface area contributed by atoms with Gasteiger partial charge in [0.2, 0.25) is 0 Å². The molecule has 1 fully saturated rings. The molecule has 2 aromatic rings. The molecule has 3 N–H and O–H groups in total. The van der Waals surface area contributed by atoms with Crippen molar-refractivity contribution in [3.63, 3.8) is 0 Å². The number of ketones is 1. The molecular weight excluding hydrogens is 432 g/mol. The highest BCUT2D eigenvalue weighted by Crippen LogP contribution is 2.10. The molecule has 0 aliphatic carbocycles. The van der Waals surface area contributed by atoms with Crippen LogP contribution in [0.5, 0.6) is 0 Å². The first-order valence-electron chi connectivity index (χ1n) is 11.3. The summed E-state index contributed by atoms with van der Waals surface area (Å²) in [6.45, 7) is 5.08. The van der Waals surface area contributed by atoms with Crippen molar-refractivity contribution < 1.29 is 24.5 Å². The number of rotatable bonds is 8. The van der Waals surface area contributed by atoms with Crippen molar-refractivity contribution >= 4 is 17.8 Å². The first kappa shape index (κ1) is 25.3. The van der Waals surface area contributed by atoms with Crippen LogP contribution >= 0.6 is 0 Å². The average Bonchev–Trinajstić information content (AvgIpc) is 2.86. The zero-order chi connectivity index (χ0) is 24.3. The highest BCUT2D eigenvalue weighted by Gasteiger charge is 2.25. The van der Waals surface area contributed by atoms with Crippen molar-refractivity contribution in [2.45, 2.75) is 25.6 Å². The number of Topliss-reactive ketones (excluding diaryl/α,β-unsaturated/α-hetero) is 1. The summed E-state index contributed by atoms with van der Waals surface area (Å²) in [5, 5.41) is 21.1. The molecule has 34 heavy (non-hydrogen) atoms. The van der Waals surface area contributed by atoms with Gasteiger partial charge in [0.1, 0.15) is 12.6 Å². The minimum atomic E-state index is -1.16. The molecule has 2 aromatic carbocycles. The molecule has 1 aliphatic rings. The van der Waals surface area contributed by atoms with Crippen molar-refractivity contribution in [2.75, 3.05) is 32.9 Å². The van der Waals surface area contributed by atoms with E-state index in [-0.39, 0.29) is 0 Å².